The van der Waals surface area contributed by atoms with Gasteiger partial charge in [0.2, 0.25) is 0 Å². The highest BCUT2D eigenvalue weighted by Crippen LogP contribution is 2.57. The fourth-order valence-electron chi connectivity index (χ4n) is 9.61. The first kappa shape index (κ1) is 55.0. The molecule has 1 spiro atoms. The Balaban J connectivity index is 0.651. The van der Waals surface area contributed by atoms with Gasteiger partial charge in [-0.2, -0.15) is 13.2 Å². The number of esters is 1. The van der Waals surface area contributed by atoms with Crippen LogP contribution in [0.5, 0.6) is 28.7 Å². The summed E-state index contributed by atoms with van der Waals surface area (Å²) < 4.78 is 91.8. The molecule has 2 atom stereocenters. The first-order chi connectivity index (χ1) is 37.6. The second kappa shape index (κ2) is 24.2. The number of phenols is 2. The molecule has 1 fully saturated rings. The van der Waals surface area contributed by atoms with E-state index in [1.807, 2.05) is 11.9 Å². The van der Waals surface area contributed by atoms with E-state index in [0.29, 0.717) is 119 Å². The van der Waals surface area contributed by atoms with Gasteiger partial charge in [-0.25, -0.2) is 9.18 Å². The van der Waals surface area contributed by atoms with Crippen molar-refractivity contribution in [2.45, 2.75) is 37.0 Å². The minimum Gasteiger partial charge on any atom is -0.508 e. The Morgan fingerprint density at radius 1 is 0.846 bits per heavy atom. The number of fused-ring (bicyclic) bond motifs is 7. The van der Waals surface area contributed by atoms with Gasteiger partial charge in [-0.1, -0.05) is 18.1 Å². The number of nitrogens with zero attached hydrogens (tertiary/aromatic N) is 2. The molecule has 4 heterocycles. The summed E-state index contributed by atoms with van der Waals surface area (Å²) in [5, 5.41) is 36.5. The van der Waals surface area contributed by atoms with Crippen LogP contribution in [0, 0.1) is 11.8 Å². The van der Waals surface area contributed by atoms with Crippen molar-refractivity contribution in [2.24, 2.45) is 0 Å². The van der Waals surface area contributed by atoms with Crippen molar-refractivity contribution in [3.8, 4) is 40.6 Å². The van der Waals surface area contributed by atoms with Crippen molar-refractivity contribution in [2.75, 3.05) is 102 Å². The lowest BCUT2D eigenvalue weighted by Gasteiger charge is -2.36. The maximum atomic E-state index is 14.9. The van der Waals surface area contributed by atoms with Gasteiger partial charge in [0.25, 0.3) is 5.91 Å². The van der Waals surface area contributed by atoms with Crippen LogP contribution in [-0.2, 0) is 31.1 Å². The fourth-order valence-corrected chi connectivity index (χ4v) is 9.83. The van der Waals surface area contributed by atoms with Crippen LogP contribution in [-0.4, -0.2) is 142 Å². The summed E-state index contributed by atoms with van der Waals surface area (Å²) in [6, 6.07) is 25.3. The lowest BCUT2D eigenvalue weighted by molar-refractivity contribution is -0.140. The van der Waals surface area contributed by atoms with E-state index >= 15 is 0 Å². The van der Waals surface area contributed by atoms with E-state index in [0.717, 1.165) is 4.57 Å². The summed E-state index contributed by atoms with van der Waals surface area (Å²) in [7, 11) is 3.30. The molecule has 0 bridgehead atoms. The van der Waals surface area contributed by atoms with E-state index in [-0.39, 0.29) is 60.8 Å². The number of ether oxygens (including phenoxy) is 6. The number of hydrogen-bond donors (Lipinski definition) is 7. The number of anilines is 3. The van der Waals surface area contributed by atoms with E-state index in [2.05, 4.69) is 38.4 Å². The zero-order chi connectivity index (χ0) is 55.0. The minimum atomic E-state index is -4.51. The van der Waals surface area contributed by atoms with Crippen LogP contribution in [0.15, 0.2) is 97.1 Å². The third-order valence-electron chi connectivity index (χ3n) is 13.3. The first-order valence-electron chi connectivity index (χ1n) is 25.1. The molecular weight excluding hydrogens is 1040 g/mol. The molecule has 1 aromatic heterocycles. The SMILES string of the molecule is COc1cc(C(=O)NCCOCCOCCOCCNC(=S)Nc2ccc3c(c2)C(=O)OC32c3ccc(O)cc3Oc3cc(O)ccc32)ccc1NCC#Cc1cc2c(N[C@@H]3CCN(C)C[C@@H]3F)cccc2n1CC(F)(F)F. The second-order valence-electron chi connectivity index (χ2n) is 18.6. The van der Waals surface area contributed by atoms with Crippen molar-refractivity contribution >= 4 is 57.2 Å². The Morgan fingerprint density at radius 2 is 1.53 bits per heavy atom. The van der Waals surface area contributed by atoms with Gasteiger partial charge < -0.3 is 74.7 Å². The number of halogens is 4. The molecule has 1 saturated heterocycles. The minimum absolute atomic E-state index is 0.0336. The first-order valence-corrected chi connectivity index (χ1v) is 25.5. The number of carbonyl (C=O) groups is 2. The molecule has 6 aromatic rings. The highest BCUT2D eigenvalue weighted by Gasteiger charge is 2.53. The number of hydrogen-bond acceptors (Lipinski definition) is 14. The van der Waals surface area contributed by atoms with Crippen LogP contribution < -0.4 is 36.1 Å². The number of rotatable bonds is 20. The van der Waals surface area contributed by atoms with Gasteiger partial charge in [0.15, 0.2) is 10.7 Å². The molecule has 5 aromatic carbocycles. The van der Waals surface area contributed by atoms with Crippen molar-refractivity contribution < 1.29 is 65.8 Å². The molecule has 3 aliphatic rings. The number of aromatic nitrogens is 1. The Bertz CT molecular complexity index is 3200. The van der Waals surface area contributed by atoms with Gasteiger partial charge in [0.1, 0.15) is 41.5 Å². The molecule has 0 radical (unpaired) electrons. The number of aromatic hydroxyl groups is 2. The van der Waals surface area contributed by atoms with Crippen LogP contribution >= 0.6 is 12.2 Å². The van der Waals surface area contributed by atoms with Gasteiger partial charge in [-0.3, -0.25) is 4.79 Å². The molecule has 7 N–H and O–H groups in total. The zero-order valence-corrected chi connectivity index (χ0v) is 43.4. The van der Waals surface area contributed by atoms with Gasteiger partial charge in [-0.05, 0) is 104 Å². The summed E-state index contributed by atoms with van der Waals surface area (Å²) in [6.45, 7) is 2.24. The summed E-state index contributed by atoms with van der Waals surface area (Å²) in [5.74, 6) is 5.73. The van der Waals surface area contributed by atoms with Crippen molar-refractivity contribution in [1.82, 2.24) is 20.1 Å². The zero-order valence-electron chi connectivity index (χ0n) is 42.6. The number of carbonyl (C=O) groups excluding carboxylic acids is 2. The highest BCUT2D eigenvalue weighted by atomic mass is 32.1. The van der Waals surface area contributed by atoms with E-state index in [4.69, 9.17) is 40.6 Å². The summed E-state index contributed by atoms with van der Waals surface area (Å²) in [6.07, 6.45) is -5.09. The largest absolute Gasteiger partial charge is 0.508 e. The molecule has 410 valence electrons. The quantitative estimate of drug-likeness (QED) is 0.0128. The van der Waals surface area contributed by atoms with E-state index in [1.54, 1.807) is 72.8 Å². The molecule has 9 rings (SSSR count). The Kier molecular flexibility index (Phi) is 17.1. The van der Waals surface area contributed by atoms with Gasteiger partial charge >= 0.3 is 12.1 Å². The standard InChI is InChI=1S/C56H57F4N7O10S/c1-66-20-16-46(44(57)32-66)65-45-6-3-7-48-40(45)29-36(67(48)33-55(58,59)60)5-4-17-61-47-15-8-34(27-51(47)72-2)52(70)62-18-21-73-23-25-75-26-24-74-22-19-63-54(78)64-35-9-12-41-39(28-35)53(71)77-56(41)42-13-10-37(68)30-49(42)76-50-31-38(69)11-14-43(50)56/h3,6-15,27-31,44,46,61,65,68-69H,16-26,32-33H2,1-2H3,(H,62,70)(H2,63,64,78)/t44-,46+/m0/s1. The molecule has 0 aliphatic carbocycles. The van der Waals surface area contributed by atoms with E-state index in [1.165, 1.54) is 31.4 Å². The van der Waals surface area contributed by atoms with Crippen LogP contribution in [0.4, 0.5) is 34.6 Å². The second-order valence-corrected chi connectivity index (χ2v) is 19.0. The third-order valence-corrected chi connectivity index (χ3v) is 13.5. The number of amides is 1. The number of alkyl halides is 4. The Hall–Kier alpha value is -7.81. The fraction of sp³-hybridized carbons (Fsp3) is 0.339. The smallest absolute Gasteiger partial charge is 0.406 e. The molecule has 1 amide bonds. The number of thiocarbonyl (C=S) groups is 1. The molecule has 3 aliphatic heterocycles. The van der Waals surface area contributed by atoms with Crippen molar-refractivity contribution in [3.63, 3.8) is 0 Å². The maximum absolute atomic E-state index is 14.9. The number of benzene rings is 5. The predicted octanol–water partition coefficient (Wildman–Crippen LogP) is 7.88. The molecule has 22 heteroatoms. The normalized spacial score (nSPS) is 16.2. The van der Waals surface area contributed by atoms with Gasteiger partial charge in [-0.15, -0.1) is 0 Å². The van der Waals surface area contributed by atoms with Crippen LogP contribution in [0.3, 0.4) is 0 Å². The number of likely N-dealkylation sites (tertiary alicyclic amines) is 1. The van der Waals surface area contributed by atoms with Crippen LogP contribution in [0.2, 0.25) is 0 Å². The number of nitrogens with one attached hydrogen (secondary N) is 5. The molecule has 78 heavy (non-hydrogen) atoms. The van der Waals surface area contributed by atoms with E-state index in [9.17, 15) is 37.4 Å². The Labute approximate surface area is 452 Å². The van der Waals surface area contributed by atoms with Gasteiger partial charge in [0, 0.05) is 77.3 Å². The molecule has 0 unspecified atom stereocenters. The van der Waals surface area contributed by atoms with Crippen LogP contribution in [0.1, 0.15) is 49.5 Å². The average molecular weight is 1100 g/mol. The number of phenolic OH excluding ortho intramolecular Hbond substituents is 2. The van der Waals surface area contributed by atoms with Gasteiger partial charge in [0.05, 0.1) is 81.8 Å². The summed E-state index contributed by atoms with van der Waals surface area (Å²) in [5.41, 5.74) is 3.00. The lowest BCUT2D eigenvalue weighted by atomic mass is 9.77. The van der Waals surface area contributed by atoms with E-state index < -0.39 is 36.5 Å². The van der Waals surface area contributed by atoms with Crippen molar-refractivity contribution in [3.05, 3.63) is 131 Å². The lowest BCUT2D eigenvalue weighted by Crippen LogP contribution is -2.46. The van der Waals surface area contributed by atoms with Crippen molar-refractivity contribution in [1.29, 1.82) is 0 Å². The predicted molar refractivity (Wildman–Crippen MR) is 288 cm³/mol. The maximum Gasteiger partial charge on any atom is 0.406 e. The number of methoxy groups -OCH3 is 1. The summed E-state index contributed by atoms with van der Waals surface area (Å²) >= 11 is 5.48. The number of piperidine rings is 1. The Morgan fingerprint density at radius 3 is 2.21 bits per heavy atom. The summed E-state index contributed by atoms with van der Waals surface area (Å²) in [4.78, 5) is 28.3. The monoisotopic (exact) mass is 1100 g/mol. The highest BCUT2D eigenvalue weighted by molar-refractivity contribution is 7.80. The molecule has 17 nitrogen and oxygen atoms in total. The third kappa shape index (κ3) is 12.6. The molecule has 0 saturated carbocycles. The molecular formula is C56H57F4N7O10S. The topological polar surface area (TPSA) is 198 Å². The average Bonchev–Trinajstić information content (AvgIpc) is 4.12. The van der Waals surface area contributed by atoms with Crippen LogP contribution in [0.25, 0.3) is 10.9 Å².